The number of carbonyl (C=O) groups is 1. The molecule has 3 heteroatoms. The second-order valence-electron chi connectivity index (χ2n) is 2.76. The van der Waals surface area contributed by atoms with Crippen molar-refractivity contribution in [3.8, 4) is 0 Å². The van der Waals surface area contributed by atoms with Gasteiger partial charge in [-0.25, -0.2) is 4.79 Å². The Morgan fingerprint density at radius 1 is 1.54 bits per heavy atom. The molecule has 1 rings (SSSR count). The molecule has 0 atom stereocenters. The maximum absolute atomic E-state index is 11.2. The van der Waals surface area contributed by atoms with Gasteiger partial charge < -0.3 is 10.5 Å². The third-order valence-corrected chi connectivity index (χ3v) is 1.92. The molecule has 0 aliphatic carbocycles. The Morgan fingerprint density at radius 2 is 2.23 bits per heavy atom. The third kappa shape index (κ3) is 1.99. The molecule has 0 saturated carbocycles. The highest BCUT2D eigenvalue weighted by Gasteiger charge is 2.09. The highest BCUT2D eigenvalue weighted by atomic mass is 16.5. The minimum absolute atomic E-state index is 0.308. The normalized spacial score (nSPS) is 9.69. The van der Waals surface area contributed by atoms with E-state index in [0.717, 1.165) is 12.0 Å². The molecule has 1 aromatic rings. The SMILES string of the molecule is CCc1cc(N)ccc1C(=O)OC. The molecule has 0 unspecified atom stereocenters. The average molecular weight is 179 g/mol. The van der Waals surface area contributed by atoms with E-state index < -0.39 is 0 Å². The highest BCUT2D eigenvalue weighted by molar-refractivity contribution is 5.91. The molecular weight excluding hydrogens is 166 g/mol. The second kappa shape index (κ2) is 3.94. The Morgan fingerprint density at radius 3 is 2.77 bits per heavy atom. The number of anilines is 1. The van der Waals surface area contributed by atoms with E-state index >= 15 is 0 Å². The van der Waals surface area contributed by atoms with Crippen molar-refractivity contribution in [3.63, 3.8) is 0 Å². The van der Waals surface area contributed by atoms with Gasteiger partial charge in [0.05, 0.1) is 12.7 Å². The van der Waals surface area contributed by atoms with Crippen LogP contribution in [0.1, 0.15) is 22.8 Å². The number of nitrogen functional groups attached to an aromatic ring is 1. The van der Waals surface area contributed by atoms with E-state index in [1.165, 1.54) is 7.11 Å². The van der Waals surface area contributed by atoms with Crippen LogP contribution in [0.2, 0.25) is 0 Å². The number of methoxy groups -OCH3 is 1. The zero-order chi connectivity index (χ0) is 9.84. The first-order chi connectivity index (χ1) is 6.19. The number of aryl methyl sites for hydroxylation is 1. The minimum atomic E-state index is -0.308. The summed E-state index contributed by atoms with van der Waals surface area (Å²) in [6, 6.07) is 5.19. The number of carbonyl (C=O) groups excluding carboxylic acids is 1. The van der Waals surface area contributed by atoms with Crippen LogP contribution in [-0.2, 0) is 11.2 Å². The maximum Gasteiger partial charge on any atom is 0.338 e. The number of ether oxygens (including phenoxy) is 1. The van der Waals surface area contributed by atoms with Crippen LogP contribution in [0, 0.1) is 0 Å². The maximum atomic E-state index is 11.2. The zero-order valence-corrected chi connectivity index (χ0v) is 7.83. The van der Waals surface area contributed by atoms with Gasteiger partial charge in [-0.05, 0) is 30.2 Å². The van der Waals surface area contributed by atoms with Crippen molar-refractivity contribution < 1.29 is 9.53 Å². The molecule has 0 aromatic heterocycles. The van der Waals surface area contributed by atoms with Crippen molar-refractivity contribution in [1.29, 1.82) is 0 Å². The number of esters is 1. The van der Waals surface area contributed by atoms with Crippen LogP contribution in [-0.4, -0.2) is 13.1 Å². The molecular formula is C10H13NO2. The first-order valence-corrected chi connectivity index (χ1v) is 4.15. The Bertz CT molecular complexity index is 321. The highest BCUT2D eigenvalue weighted by Crippen LogP contribution is 2.14. The number of benzene rings is 1. The van der Waals surface area contributed by atoms with Crippen molar-refractivity contribution in [2.75, 3.05) is 12.8 Å². The standard InChI is InChI=1S/C10H13NO2/c1-3-7-6-8(11)4-5-9(7)10(12)13-2/h4-6H,3,11H2,1-2H3. The smallest absolute Gasteiger partial charge is 0.338 e. The first kappa shape index (κ1) is 9.58. The van der Waals surface area contributed by atoms with E-state index in [9.17, 15) is 4.79 Å². The summed E-state index contributed by atoms with van der Waals surface area (Å²) in [6.45, 7) is 1.97. The van der Waals surface area contributed by atoms with Crippen LogP contribution in [0.25, 0.3) is 0 Å². The van der Waals surface area contributed by atoms with E-state index in [4.69, 9.17) is 5.73 Å². The quantitative estimate of drug-likeness (QED) is 0.554. The molecule has 1 aromatic carbocycles. The summed E-state index contributed by atoms with van der Waals surface area (Å²) in [6.07, 6.45) is 0.773. The molecule has 13 heavy (non-hydrogen) atoms. The minimum Gasteiger partial charge on any atom is -0.465 e. The Kier molecular flexibility index (Phi) is 2.90. The lowest BCUT2D eigenvalue weighted by atomic mass is 10.0. The van der Waals surface area contributed by atoms with Crippen LogP contribution in [0.4, 0.5) is 5.69 Å². The van der Waals surface area contributed by atoms with Crippen molar-refractivity contribution in [2.45, 2.75) is 13.3 Å². The molecule has 0 heterocycles. The van der Waals surface area contributed by atoms with Gasteiger partial charge in [0.1, 0.15) is 0 Å². The summed E-state index contributed by atoms with van der Waals surface area (Å²) < 4.78 is 4.64. The summed E-state index contributed by atoms with van der Waals surface area (Å²) in [5, 5.41) is 0. The topological polar surface area (TPSA) is 52.3 Å². The van der Waals surface area contributed by atoms with E-state index in [-0.39, 0.29) is 5.97 Å². The lowest BCUT2D eigenvalue weighted by Crippen LogP contribution is -2.05. The molecule has 3 nitrogen and oxygen atoms in total. The predicted molar refractivity (Wildman–Crippen MR) is 51.6 cm³/mol. The number of hydrogen-bond donors (Lipinski definition) is 1. The van der Waals surface area contributed by atoms with Gasteiger partial charge in [-0.2, -0.15) is 0 Å². The van der Waals surface area contributed by atoms with E-state index in [0.29, 0.717) is 11.3 Å². The summed E-state index contributed by atoms with van der Waals surface area (Å²) >= 11 is 0. The van der Waals surface area contributed by atoms with Crippen molar-refractivity contribution in [2.24, 2.45) is 0 Å². The number of rotatable bonds is 2. The molecule has 70 valence electrons. The monoisotopic (exact) mass is 179 g/mol. The third-order valence-electron chi connectivity index (χ3n) is 1.92. The van der Waals surface area contributed by atoms with Gasteiger partial charge in [-0.15, -0.1) is 0 Å². The van der Waals surface area contributed by atoms with Crippen LogP contribution >= 0.6 is 0 Å². The van der Waals surface area contributed by atoms with Crippen molar-refractivity contribution in [3.05, 3.63) is 29.3 Å². The van der Waals surface area contributed by atoms with Crippen LogP contribution in [0.15, 0.2) is 18.2 Å². The Labute approximate surface area is 77.5 Å². The van der Waals surface area contributed by atoms with Gasteiger partial charge in [0.15, 0.2) is 0 Å². The zero-order valence-electron chi connectivity index (χ0n) is 7.83. The van der Waals surface area contributed by atoms with Crippen LogP contribution < -0.4 is 5.73 Å². The molecule has 0 aliphatic rings. The molecule has 0 aliphatic heterocycles. The molecule has 0 spiro atoms. The largest absolute Gasteiger partial charge is 0.465 e. The summed E-state index contributed by atoms with van der Waals surface area (Å²) in [5.74, 6) is -0.308. The van der Waals surface area contributed by atoms with E-state index in [1.807, 2.05) is 6.92 Å². The van der Waals surface area contributed by atoms with Crippen LogP contribution in [0.5, 0.6) is 0 Å². The van der Waals surface area contributed by atoms with Crippen molar-refractivity contribution >= 4 is 11.7 Å². The van der Waals surface area contributed by atoms with E-state index in [1.54, 1.807) is 18.2 Å². The Hall–Kier alpha value is -1.51. The fourth-order valence-electron chi connectivity index (χ4n) is 1.22. The van der Waals surface area contributed by atoms with Gasteiger partial charge in [0.2, 0.25) is 0 Å². The van der Waals surface area contributed by atoms with Gasteiger partial charge in [0.25, 0.3) is 0 Å². The van der Waals surface area contributed by atoms with Gasteiger partial charge in [-0.1, -0.05) is 6.92 Å². The van der Waals surface area contributed by atoms with E-state index in [2.05, 4.69) is 4.74 Å². The molecule has 0 amide bonds. The fourth-order valence-corrected chi connectivity index (χ4v) is 1.22. The Balaban J connectivity index is 3.13. The van der Waals surface area contributed by atoms with Gasteiger partial charge in [0, 0.05) is 5.69 Å². The predicted octanol–water partition coefficient (Wildman–Crippen LogP) is 1.62. The molecule has 0 saturated heterocycles. The molecule has 0 fully saturated rings. The van der Waals surface area contributed by atoms with Gasteiger partial charge >= 0.3 is 5.97 Å². The second-order valence-corrected chi connectivity index (χ2v) is 2.76. The van der Waals surface area contributed by atoms with Crippen molar-refractivity contribution in [1.82, 2.24) is 0 Å². The summed E-state index contributed by atoms with van der Waals surface area (Å²) in [7, 11) is 1.37. The lowest BCUT2D eigenvalue weighted by molar-refractivity contribution is 0.0599. The fraction of sp³-hybridized carbons (Fsp3) is 0.300. The van der Waals surface area contributed by atoms with Gasteiger partial charge in [-0.3, -0.25) is 0 Å². The van der Waals surface area contributed by atoms with Crippen LogP contribution in [0.3, 0.4) is 0 Å². The summed E-state index contributed by atoms with van der Waals surface area (Å²) in [5.41, 5.74) is 7.78. The average Bonchev–Trinajstić information content (AvgIpc) is 2.16. The number of hydrogen-bond acceptors (Lipinski definition) is 3. The summed E-state index contributed by atoms with van der Waals surface area (Å²) in [4.78, 5) is 11.2. The molecule has 0 radical (unpaired) electrons. The number of nitrogens with two attached hydrogens (primary N) is 1. The first-order valence-electron chi connectivity index (χ1n) is 4.15. The lowest BCUT2D eigenvalue weighted by Gasteiger charge is -2.06. The molecule has 2 N–H and O–H groups in total. The molecule has 0 bridgehead atoms.